The molecule has 1 aromatic carbocycles. The van der Waals surface area contributed by atoms with Gasteiger partial charge in [-0.3, -0.25) is 0 Å². The monoisotopic (exact) mass is 283 g/mol. The van der Waals surface area contributed by atoms with E-state index in [9.17, 15) is 17.6 Å². The van der Waals surface area contributed by atoms with Gasteiger partial charge in [0, 0.05) is 18.0 Å². The van der Waals surface area contributed by atoms with Gasteiger partial charge >= 0.3 is 6.18 Å². The summed E-state index contributed by atoms with van der Waals surface area (Å²) in [7, 11) is 1.58. The zero-order valence-corrected chi connectivity index (χ0v) is 10.6. The Kier molecular flexibility index (Phi) is 5.41. The molecule has 6 heteroatoms. The van der Waals surface area contributed by atoms with Gasteiger partial charge in [0.1, 0.15) is 5.82 Å². The van der Waals surface area contributed by atoms with Crippen molar-refractivity contribution in [2.45, 2.75) is 31.5 Å². The largest absolute Gasteiger partial charge is 0.389 e. The molecule has 0 heterocycles. The first-order valence-corrected chi connectivity index (χ1v) is 5.91. The van der Waals surface area contributed by atoms with Crippen molar-refractivity contribution >= 4 is 11.6 Å². The fraction of sp³-hybridized carbons (Fsp3) is 0.500. The van der Waals surface area contributed by atoms with Gasteiger partial charge in [-0.2, -0.15) is 13.2 Å². The zero-order chi connectivity index (χ0) is 13.8. The van der Waals surface area contributed by atoms with Crippen molar-refractivity contribution < 1.29 is 17.6 Å². The molecule has 0 aromatic heterocycles. The number of benzene rings is 1. The third kappa shape index (κ3) is 4.46. The molecular weight excluding hydrogens is 270 g/mol. The summed E-state index contributed by atoms with van der Waals surface area (Å²) >= 11 is 5.64. The van der Waals surface area contributed by atoms with Gasteiger partial charge in [0.25, 0.3) is 0 Å². The molecule has 18 heavy (non-hydrogen) atoms. The van der Waals surface area contributed by atoms with E-state index in [1.807, 2.05) is 0 Å². The number of alkyl halides is 3. The number of hydrogen-bond donors (Lipinski definition) is 1. The van der Waals surface area contributed by atoms with E-state index in [0.717, 1.165) is 0 Å². The summed E-state index contributed by atoms with van der Waals surface area (Å²) < 4.78 is 49.8. The Balaban J connectivity index is 2.69. The van der Waals surface area contributed by atoms with Gasteiger partial charge in [0.2, 0.25) is 0 Å². The van der Waals surface area contributed by atoms with Gasteiger partial charge < -0.3 is 5.32 Å². The van der Waals surface area contributed by atoms with Crippen LogP contribution in [0.15, 0.2) is 18.2 Å². The Morgan fingerprint density at radius 1 is 1.33 bits per heavy atom. The van der Waals surface area contributed by atoms with E-state index in [1.54, 1.807) is 13.1 Å². The van der Waals surface area contributed by atoms with E-state index < -0.39 is 24.5 Å². The van der Waals surface area contributed by atoms with Crippen molar-refractivity contribution in [1.82, 2.24) is 5.32 Å². The highest BCUT2D eigenvalue weighted by molar-refractivity contribution is 6.30. The van der Waals surface area contributed by atoms with Gasteiger partial charge in [-0.1, -0.05) is 23.7 Å². The minimum Gasteiger partial charge on any atom is -0.313 e. The molecule has 0 bridgehead atoms. The van der Waals surface area contributed by atoms with Crippen LogP contribution in [0.4, 0.5) is 17.6 Å². The first kappa shape index (κ1) is 15.2. The summed E-state index contributed by atoms with van der Waals surface area (Å²) in [5.74, 6) is -0.578. The van der Waals surface area contributed by atoms with E-state index in [-0.39, 0.29) is 17.9 Å². The van der Waals surface area contributed by atoms with Gasteiger partial charge in [-0.15, -0.1) is 0 Å². The maximum absolute atomic E-state index is 13.7. The highest BCUT2D eigenvalue weighted by Crippen LogP contribution is 2.29. The molecule has 0 spiro atoms. The lowest BCUT2D eigenvalue weighted by Gasteiger charge is -2.18. The second-order valence-corrected chi connectivity index (χ2v) is 4.40. The average molecular weight is 284 g/mol. The van der Waals surface area contributed by atoms with E-state index in [4.69, 9.17) is 11.6 Å². The van der Waals surface area contributed by atoms with Crippen molar-refractivity contribution in [1.29, 1.82) is 0 Å². The van der Waals surface area contributed by atoms with Crippen LogP contribution in [-0.2, 0) is 0 Å². The van der Waals surface area contributed by atoms with E-state index in [2.05, 4.69) is 5.32 Å². The molecular formula is C12H14ClF4N. The van der Waals surface area contributed by atoms with Crippen LogP contribution in [0.25, 0.3) is 0 Å². The molecule has 1 aromatic rings. The summed E-state index contributed by atoms with van der Waals surface area (Å²) in [5.41, 5.74) is 0.298. The standard InChI is InChI=1S/C12H14ClF4N/c1-18-10(6-3-7-12(15,16)17)8-4-2-5-9(13)11(8)14/h2,4-5,10,18H,3,6-7H2,1H3. The minimum atomic E-state index is -4.18. The number of nitrogens with one attached hydrogen (secondary N) is 1. The molecule has 0 radical (unpaired) electrons. The van der Waals surface area contributed by atoms with Gasteiger partial charge in [-0.05, 0) is 26.0 Å². The smallest absolute Gasteiger partial charge is 0.313 e. The second kappa shape index (κ2) is 6.38. The highest BCUT2D eigenvalue weighted by atomic mass is 35.5. The van der Waals surface area contributed by atoms with Crippen LogP contribution < -0.4 is 5.32 Å². The summed E-state index contributed by atoms with van der Waals surface area (Å²) in [6.45, 7) is 0. The quantitative estimate of drug-likeness (QED) is 0.786. The Hall–Kier alpha value is -0.810. The number of halogens is 5. The average Bonchev–Trinajstić information content (AvgIpc) is 2.27. The van der Waals surface area contributed by atoms with Crippen molar-refractivity contribution in [3.8, 4) is 0 Å². The normalized spacial score (nSPS) is 13.7. The Labute approximate surface area is 108 Å². The lowest BCUT2D eigenvalue weighted by molar-refractivity contribution is -0.135. The van der Waals surface area contributed by atoms with Crippen LogP contribution in [0.1, 0.15) is 30.9 Å². The van der Waals surface area contributed by atoms with Gasteiger partial charge in [-0.25, -0.2) is 4.39 Å². The molecule has 102 valence electrons. The molecule has 1 atom stereocenters. The van der Waals surface area contributed by atoms with Crippen LogP contribution in [0.2, 0.25) is 5.02 Å². The molecule has 0 aliphatic carbocycles. The van der Waals surface area contributed by atoms with Crippen LogP contribution in [0.5, 0.6) is 0 Å². The van der Waals surface area contributed by atoms with E-state index >= 15 is 0 Å². The summed E-state index contributed by atoms with van der Waals surface area (Å²) in [4.78, 5) is 0. The van der Waals surface area contributed by atoms with E-state index in [1.165, 1.54) is 12.1 Å². The predicted molar refractivity (Wildman–Crippen MR) is 63.1 cm³/mol. The molecule has 1 rings (SSSR count). The Bertz CT molecular complexity index is 392. The van der Waals surface area contributed by atoms with Crippen LogP contribution >= 0.6 is 11.6 Å². The number of hydrogen-bond acceptors (Lipinski definition) is 1. The highest BCUT2D eigenvalue weighted by Gasteiger charge is 2.27. The first-order valence-electron chi connectivity index (χ1n) is 5.53. The fourth-order valence-electron chi connectivity index (χ4n) is 1.75. The molecule has 1 nitrogen and oxygen atoms in total. The van der Waals surface area contributed by atoms with Crippen LogP contribution in [-0.4, -0.2) is 13.2 Å². The van der Waals surface area contributed by atoms with E-state index in [0.29, 0.717) is 5.56 Å². The SMILES string of the molecule is CNC(CCCC(F)(F)F)c1cccc(Cl)c1F. The lowest BCUT2D eigenvalue weighted by Crippen LogP contribution is -2.19. The van der Waals surface area contributed by atoms with Gasteiger partial charge in [0.15, 0.2) is 0 Å². The summed E-state index contributed by atoms with van der Waals surface area (Å²) in [6.07, 6.45) is -4.90. The van der Waals surface area contributed by atoms with Crippen molar-refractivity contribution in [2.24, 2.45) is 0 Å². The topological polar surface area (TPSA) is 12.0 Å². The summed E-state index contributed by atoms with van der Waals surface area (Å²) in [5, 5.41) is 2.78. The molecule has 0 amide bonds. The predicted octanol–water partition coefficient (Wildman–Crippen LogP) is 4.47. The maximum atomic E-state index is 13.7. The molecule has 0 aliphatic rings. The third-order valence-electron chi connectivity index (χ3n) is 2.66. The second-order valence-electron chi connectivity index (χ2n) is 3.99. The lowest BCUT2D eigenvalue weighted by atomic mass is 10.0. The van der Waals surface area contributed by atoms with Crippen molar-refractivity contribution in [3.05, 3.63) is 34.6 Å². The molecule has 0 saturated heterocycles. The van der Waals surface area contributed by atoms with Crippen LogP contribution in [0, 0.1) is 5.82 Å². The molecule has 0 saturated carbocycles. The Morgan fingerprint density at radius 2 is 2.00 bits per heavy atom. The molecule has 0 aliphatic heterocycles. The van der Waals surface area contributed by atoms with Crippen molar-refractivity contribution in [3.63, 3.8) is 0 Å². The maximum Gasteiger partial charge on any atom is 0.389 e. The Morgan fingerprint density at radius 3 is 2.56 bits per heavy atom. The van der Waals surface area contributed by atoms with Crippen LogP contribution in [0.3, 0.4) is 0 Å². The molecule has 1 unspecified atom stereocenters. The minimum absolute atomic E-state index is 0.0245. The molecule has 1 N–H and O–H groups in total. The van der Waals surface area contributed by atoms with Crippen molar-refractivity contribution in [2.75, 3.05) is 7.05 Å². The molecule has 0 fully saturated rings. The summed E-state index contributed by atoms with van der Waals surface area (Å²) in [6, 6.07) is 4.04. The fourth-order valence-corrected chi connectivity index (χ4v) is 1.93. The third-order valence-corrected chi connectivity index (χ3v) is 2.95. The number of rotatable bonds is 5. The zero-order valence-electron chi connectivity index (χ0n) is 9.82. The first-order chi connectivity index (χ1) is 8.35. The van der Waals surface area contributed by atoms with Gasteiger partial charge in [0.05, 0.1) is 5.02 Å².